The third-order valence-corrected chi connectivity index (χ3v) is 2.97. The van der Waals surface area contributed by atoms with Crippen molar-refractivity contribution in [3.05, 3.63) is 42.4 Å². The second-order valence-electron chi connectivity index (χ2n) is 4.60. The number of nitrogens with one attached hydrogen (secondary N) is 1. The van der Waals surface area contributed by atoms with Crippen LogP contribution in [0.25, 0.3) is 11.3 Å². The first-order valence-corrected chi connectivity index (χ1v) is 6.68. The molecule has 22 heavy (non-hydrogen) atoms. The zero-order valence-electron chi connectivity index (χ0n) is 11.7. The lowest BCUT2D eigenvalue weighted by Crippen LogP contribution is -2.42. The Balaban J connectivity index is 1.89. The van der Waals surface area contributed by atoms with E-state index in [-0.39, 0.29) is 12.8 Å². The number of carbonyl (C=O) groups excluding carboxylic acids is 1. The molecule has 1 unspecified atom stereocenters. The minimum atomic E-state index is -1.52. The van der Waals surface area contributed by atoms with Crippen molar-refractivity contribution in [1.29, 1.82) is 0 Å². The monoisotopic (exact) mass is 306 g/mol. The number of carbonyl (C=O) groups is 2. The summed E-state index contributed by atoms with van der Waals surface area (Å²) >= 11 is 0. The number of rotatable bonds is 7. The predicted octanol–water partition coefficient (Wildman–Crippen LogP) is 1.81. The van der Waals surface area contributed by atoms with Crippen LogP contribution in [0.2, 0.25) is 0 Å². The second-order valence-corrected chi connectivity index (χ2v) is 4.60. The first-order valence-electron chi connectivity index (χ1n) is 6.68. The average Bonchev–Trinajstić information content (AvgIpc) is 3.00. The number of oxazole rings is 1. The number of carboxylic acids is 1. The van der Waals surface area contributed by atoms with Gasteiger partial charge in [-0.15, -0.1) is 0 Å². The van der Waals surface area contributed by atoms with Crippen molar-refractivity contribution in [2.75, 3.05) is 6.67 Å². The zero-order valence-corrected chi connectivity index (χ0v) is 11.7. The van der Waals surface area contributed by atoms with Gasteiger partial charge in [-0.05, 0) is 0 Å². The summed E-state index contributed by atoms with van der Waals surface area (Å²) in [6, 6.07) is 7.85. The van der Waals surface area contributed by atoms with Crippen LogP contribution in [0, 0.1) is 0 Å². The normalized spacial score (nSPS) is 11.9. The summed E-state index contributed by atoms with van der Waals surface area (Å²) in [5.41, 5.74) is 0.870. The van der Waals surface area contributed by atoms with Crippen LogP contribution in [0.5, 0.6) is 0 Å². The van der Waals surface area contributed by atoms with Crippen LogP contribution in [-0.4, -0.2) is 34.7 Å². The van der Waals surface area contributed by atoms with E-state index in [1.54, 1.807) is 6.20 Å². The van der Waals surface area contributed by atoms with Crippen molar-refractivity contribution < 1.29 is 23.5 Å². The van der Waals surface area contributed by atoms with Crippen LogP contribution in [0.15, 0.2) is 40.9 Å². The minimum absolute atomic E-state index is 0.0292. The summed E-state index contributed by atoms with van der Waals surface area (Å²) in [5, 5.41) is 10.7. The number of carboxylic acid groups (broad SMARTS) is 1. The number of halogens is 1. The molecule has 1 aromatic heterocycles. The minimum Gasteiger partial charge on any atom is -0.480 e. The number of nitrogens with zero attached hydrogens (tertiary/aromatic N) is 1. The molecule has 2 rings (SSSR count). The fraction of sp³-hybridized carbons (Fsp3) is 0.267. The van der Waals surface area contributed by atoms with E-state index in [0.29, 0.717) is 11.7 Å². The summed E-state index contributed by atoms with van der Waals surface area (Å²) < 4.78 is 17.9. The highest BCUT2D eigenvalue weighted by molar-refractivity contribution is 5.83. The standard InChI is InChI=1S/C15H15FN2O4/c16-8-11(15(20)21)18-13(19)6-7-14-17-9-12(22-14)10-4-2-1-3-5-10/h1-5,9,11H,6-8H2,(H,18,19)(H,20,21). The molecule has 116 valence electrons. The van der Waals surface area contributed by atoms with Crippen molar-refractivity contribution in [1.82, 2.24) is 10.3 Å². The van der Waals surface area contributed by atoms with Gasteiger partial charge in [-0.3, -0.25) is 4.79 Å². The first-order chi connectivity index (χ1) is 10.6. The van der Waals surface area contributed by atoms with Gasteiger partial charge < -0.3 is 14.8 Å². The topological polar surface area (TPSA) is 92.4 Å². The average molecular weight is 306 g/mol. The maximum Gasteiger partial charge on any atom is 0.328 e. The van der Waals surface area contributed by atoms with E-state index in [1.807, 2.05) is 30.3 Å². The van der Waals surface area contributed by atoms with Gasteiger partial charge in [0, 0.05) is 18.4 Å². The number of benzene rings is 1. The quantitative estimate of drug-likeness (QED) is 0.814. The summed E-state index contributed by atoms with van der Waals surface area (Å²) in [6.07, 6.45) is 1.74. The van der Waals surface area contributed by atoms with E-state index in [9.17, 15) is 14.0 Å². The van der Waals surface area contributed by atoms with Crippen LogP contribution in [0.3, 0.4) is 0 Å². The zero-order chi connectivity index (χ0) is 15.9. The lowest BCUT2D eigenvalue weighted by atomic mass is 10.2. The van der Waals surface area contributed by atoms with Crippen molar-refractivity contribution in [3.8, 4) is 11.3 Å². The van der Waals surface area contributed by atoms with Crippen LogP contribution in [-0.2, 0) is 16.0 Å². The molecule has 6 nitrogen and oxygen atoms in total. The molecule has 0 bridgehead atoms. The number of aryl methyl sites for hydroxylation is 1. The molecule has 1 amide bonds. The fourth-order valence-electron chi connectivity index (χ4n) is 1.81. The van der Waals surface area contributed by atoms with E-state index in [4.69, 9.17) is 9.52 Å². The number of amides is 1. The maximum atomic E-state index is 12.4. The summed E-state index contributed by atoms with van der Waals surface area (Å²) in [4.78, 5) is 26.2. The molecule has 1 atom stereocenters. The lowest BCUT2D eigenvalue weighted by molar-refractivity contribution is -0.142. The number of alkyl halides is 1. The molecule has 0 saturated heterocycles. The Morgan fingerprint density at radius 2 is 2.05 bits per heavy atom. The lowest BCUT2D eigenvalue weighted by Gasteiger charge is -2.09. The molecule has 0 aliphatic carbocycles. The van der Waals surface area contributed by atoms with Gasteiger partial charge in [0.05, 0.1) is 6.20 Å². The van der Waals surface area contributed by atoms with Crippen molar-refractivity contribution in [2.24, 2.45) is 0 Å². The van der Waals surface area contributed by atoms with Crippen LogP contribution in [0.1, 0.15) is 12.3 Å². The Hall–Kier alpha value is -2.70. The van der Waals surface area contributed by atoms with Crippen LogP contribution >= 0.6 is 0 Å². The molecular formula is C15H15FN2O4. The fourth-order valence-corrected chi connectivity index (χ4v) is 1.81. The molecule has 1 aromatic carbocycles. The van der Waals surface area contributed by atoms with Crippen LogP contribution in [0.4, 0.5) is 4.39 Å². The van der Waals surface area contributed by atoms with E-state index >= 15 is 0 Å². The molecule has 7 heteroatoms. The number of aliphatic carboxylic acids is 1. The van der Waals surface area contributed by atoms with Gasteiger partial charge >= 0.3 is 5.97 Å². The van der Waals surface area contributed by atoms with Crippen molar-refractivity contribution >= 4 is 11.9 Å². The molecule has 0 aliphatic rings. The third-order valence-electron chi connectivity index (χ3n) is 2.97. The van der Waals surface area contributed by atoms with Gasteiger partial charge in [-0.1, -0.05) is 30.3 Å². The van der Waals surface area contributed by atoms with E-state index < -0.39 is 24.6 Å². The highest BCUT2D eigenvalue weighted by Gasteiger charge is 2.19. The first kappa shape index (κ1) is 15.7. The molecule has 2 N–H and O–H groups in total. The van der Waals surface area contributed by atoms with Crippen LogP contribution < -0.4 is 5.32 Å². The SMILES string of the molecule is O=C(CCc1ncc(-c2ccccc2)o1)NC(CF)C(=O)O. The second kappa shape index (κ2) is 7.35. The van der Waals surface area contributed by atoms with Crippen molar-refractivity contribution in [2.45, 2.75) is 18.9 Å². The third kappa shape index (κ3) is 4.15. The molecule has 0 fully saturated rings. The van der Waals surface area contributed by atoms with Gasteiger partial charge in [0.2, 0.25) is 5.91 Å². The highest BCUT2D eigenvalue weighted by Crippen LogP contribution is 2.20. The molecule has 1 heterocycles. The molecular weight excluding hydrogens is 291 g/mol. The Labute approximate surface area is 126 Å². The highest BCUT2D eigenvalue weighted by atomic mass is 19.1. The Morgan fingerprint density at radius 1 is 1.32 bits per heavy atom. The van der Waals surface area contributed by atoms with Gasteiger partial charge in [0.1, 0.15) is 6.67 Å². The summed E-state index contributed by atoms with van der Waals surface area (Å²) in [6.45, 7) is -1.15. The molecule has 2 aromatic rings. The summed E-state index contributed by atoms with van der Waals surface area (Å²) in [5.74, 6) is -1.02. The number of hydrogen-bond donors (Lipinski definition) is 2. The molecule has 0 radical (unpaired) electrons. The number of hydrogen-bond acceptors (Lipinski definition) is 4. The van der Waals surface area contributed by atoms with Gasteiger partial charge in [-0.25, -0.2) is 14.2 Å². The Bertz CT molecular complexity index is 642. The number of aromatic nitrogens is 1. The van der Waals surface area contributed by atoms with Gasteiger partial charge in [0.25, 0.3) is 0 Å². The maximum absolute atomic E-state index is 12.4. The molecule has 0 spiro atoms. The molecule has 0 saturated carbocycles. The largest absolute Gasteiger partial charge is 0.480 e. The Morgan fingerprint density at radius 3 is 2.68 bits per heavy atom. The van der Waals surface area contributed by atoms with Crippen molar-refractivity contribution in [3.63, 3.8) is 0 Å². The molecule has 0 aliphatic heterocycles. The summed E-state index contributed by atoms with van der Waals surface area (Å²) in [7, 11) is 0. The Kier molecular flexibility index (Phi) is 5.24. The van der Waals surface area contributed by atoms with E-state index in [0.717, 1.165) is 5.56 Å². The predicted molar refractivity (Wildman–Crippen MR) is 75.8 cm³/mol. The smallest absolute Gasteiger partial charge is 0.328 e. The van der Waals surface area contributed by atoms with E-state index in [2.05, 4.69) is 10.3 Å². The van der Waals surface area contributed by atoms with Gasteiger partial charge in [0.15, 0.2) is 17.7 Å². The van der Waals surface area contributed by atoms with Gasteiger partial charge in [-0.2, -0.15) is 0 Å². The van der Waals surface area contributed by atoms with E-state index in [1.165, 1.54) is 0 Å².